The van der Waals surface area contributed by atoms with E-state index >= 15 is 0 Å². The molecule has 0 radical (unpaired) electrons. The van der Waals surface area contributed by atoms with Crippen LogP contribution in [0.2, 0.25) is 0 Å². The van der Waals surface area contributed by atoms with Crippen LogP contribution >= 0.6 is 36.2 Å². The van der Waals surface area contributed by atoms with Crippen LogP contribution in [0.4, 0.5) is 5.13 Å². The molecule has 0 bridgehead atoms. The van der Waals surface area contributed by atoms with E-state index in [9.17, 15) is 4.79 Å². The van der Waals surface area contributed by atoms with Crippen molar-refractivity contribution in [3.05, 3.63) is 11.6 Å². The van der Waals surface area contributed by atoms with Gasteiger partial charge in [0.15, 0.2) is 5.13 Å². The number of rotatable bonds is 3. The summed E-state index contributed by atoms with van der Waals surface area (Å²) in [6.07, 6.45) is 5.89. The summed E-state index contributed by atoms with van der Waals surface area (Å²) in [6, 6.07) is 0.404. The molecule has 0 spiro atoms. The Bertz CT molecular complexity index is 440. The number of thiazole rings is 1. The molecule has 5 nitrogen and oxygen atoms in total. The van der Waals surface area contributed by atoms with Crippen molar-refractivity contribution in [2.24, 2.45) is 0 Å². The van der Waals surface area contributed by atoms with Crippen LogP contribution in [-0.4, -0.2) is 54.6 Å². The molecule has 0 aromatic carbocycles. The van der Waals surface area contributed by atoms with E-state index in [1.807, 2.05) is 16.5 Å². The molecule has 3 rings (SSSR count). The van der Waals surface area contributed by atoms with E-state index in [1.54, 1.807) is 11.3 Å². The van der Waals surface area contributed by atoms with Crippen LogP contribution in [0.15, 0.2) is 11.6 Å². The molecule has 22 heavy (non-hydrogen) atoms. The molecule has 2 saturated heterocycles. The Hall–Kier alpha value is -0.560. The normalized spacial score (nSPS) is 21.7. The van der Waals surface area contributed by atoms with Gasteiger partial charge in [-0.15, -0.1) is 36.2 Å². The maximum atomic E-state index is 12.4. The second-order valence-electron chi connectivity index (χ2n) is 5.53. The van der Waals surface area contributed by atoms with E-state index in [-0.39, 0.29) is 24.8 Å². The first-order valence-electron chi connectivity index (χ1n) is 7.48. The van der Waals surface area contributed by atoms with Crippen LogP contribution in [0.3, 0.4) is 0 Å². The summed E-state index contributed by atoms with van der Waals surface area (Å²) < 4.78 is 0. The van der Waals surface area contributed by atoms with Gasteiger partial charge in [-0.05, 0) is 25.8 Å². The number of anilines is 1. The summed E-state index contributed by atoms with van der Waals surface area (Å²) in [6.45, 7) is 4.67. The maximum absolute atomic E-state index is 12.4. The summed E-state index contributed by atoms with van der Waals surface area (Å²) >= 11 is 1.68. The summed E-state index contributed by atoms with van der Waals surface area (Å²) in [5.41, 5.74) is 0. The van der Waals surface area contributed by atoms with Gasteiger partial charge in [0.25, 0.3) is 0 Å². The molecule has 1 aromatic heterocycles. The molecule has 1 N–H and O–H groups in total. The number of hydrogen-bond acceptors (Lipinski definition) is 5. The lowest BCUT2D eigenvalue weighted by atomic mass is 10.1. The van der Waals surface area contributed by atoms with Crippen molar-refractivity contribution in [1.82, 2.24) is 15.2 Å². The van der Waals surface area contributed by atoms with Gasteiger partial charge in [-0.3, -0.25) is 4.79 Å². The maximum Gasteiger partial charge on any atom is 0.224 e. The van der Waals surface area contributed by atoms with Crippen molar-refractivity contribution in [3.63, 3.8) is 0 Å². The third-order valence-electron chi connectivity index (χ3n) is 4.12. The third-order valence-corrected chi connectivity index (χ3v) is 4.95. The van der Waals surface area contributed by atoms with E-state index in [1.165, 1.54) is 6.42 Å². The Morgan fingerprint density at radius 2 is 2.14 bits per heavy atom. The van der Waals surface area contributed by atoms with E-state index < -0.39 is 0 Å². The Kier molecular flexibility index (Phi) is 8.46. The summed E-state index contributed by atoms with van der Waals surface area (Å²) in [5.74, 6) is 0.311. The standard InChI is InChI=1S/C14H22N4OS.2ClH/c19-13(11-12-3-1-4-15-12)17-6-2-7-18(9-8-17)14-16-5-10-20-14;;/h5,10,12,15H,1-4,6-9,11H2;2*1H. The van der Waals surface area contributed by atoms with Gasteiger partial charge in [-0.2, -0.15) is 0 Å². The van der Waals surface area contributed by atoms with Gasteiger partial charge in [0, 0.05) is 50.2 Å². The predicted octanol–water partition coefficient (Wildman–Crippen LogP) is 2.17. The molecule has 3 heterocycles. The van der Waals surface area contributed by atoms with Gasteiger partial charge in [-0.1, -0.05) is 0 Å². The molecular weight excluding hydrogens is 343 g/mol. The van der Waals surface area contributed by atoms with Gasteiger partial charge in [0.1, 0.15) is 0 Å². The van der Waals surface area contributed by atoms with Crippen molar-refractivity contribution in [2.75, 3.05) is 37.6 Å². The summed E-state index contributed by atoms with van der Waals surface area (Å²) in [4.78, 5) is 21.1. The number of hydrogen-bond donors (Lipinski definition) is 1. The zero-order valence-corrected chi connectivity index (χ0v) is 15.0. The average Bonchev–Trinajstić information content (AvgIpc) is 3.09. The molecule has 1 atom stereocenters. The molecule has 2 aliphatic rings. The minimum atomic E-state index is 0. The minimum Gasteiger partial charge on any atom is -0.346 e. The zero-order chi connectivity index (χ0) is 13.8. The Balaban J connectivity index is 0.00000121. The Morgan fingerprint density at radius 3 is 2.82 bits per heavy atom. The van der Waals surface area contributed by atoms with Gasteiger partial charge >= 0.3 is 0 Å². The highest BCUT2D eigenvalue weighted by Gasteiger charge is 2.24. The highest BCUT2D eigenvalue weighted by molar-refractivity contribution is 7.13. The zero-order valence-electron chi connectivity index (χ0n) is 12.6. The molecule has 2 fully saturated rings. The van der Waals surface area contributed by atoms with E-state index in [0.717, 1.165) is 50.7 Å². The molecule has 1 unspecified atom stereocenters. The highest BCUT2D eigenvalue weighted by Crippen LogP contribution is 2.19. The SMILES string of the molecule is Cl.Cl.O=C(CC1CCCN1)N1CCCN(c2nccs2)CC1. The van der Waals surface area contributed by atoms with Crippen molar-refractivity contribution in [1.29, 1.82) is 0 Å². The lowest BCUT2D eigenvalue weighted by Crippen LogP contribution is -2.38. The molecule has 126 valence electrons. The first-order valence-corrected chi connectivity index (χ1v) is 8.36. The molecule has 0 saturated carbocycles. The monoisotopic (exact) mass is 366 g/mol. The molecule has 1 amide bonds. The third kappa shape index (κ3) is 4.98. The Morgan fingerprint density at radius 1 is 1.27 bits per heavy atom. The van der Waals surface area contributed by atoms with Crippen molar-refractivity contribution < 1.29 is 4.79 Å². The molecule has 2 aliphatic heterocycles. The highest BCUT2D eigenvalue weighted by atomic mass is 35.5. The summed E-state index contributed by atoms with van der Waals surface area (Å²) in [5, 5.41) is 6.50. The van der Waals surface area contributed by atoms with Gasteiger partial charge in [0.05, 0.1) is 0 Å². The lowest BCUT2D eigenvalue weighted by molar-refractivity contribution is -0.131. The predicted molar refractivity (Wildman–Crippen MR) is 95.7 cm³/mol. The van der Waals surface area contributed by atoms with Crippen LogP contribution in [0.25, 0.3) is 0 Å². The van der Waals surface area contributed by atoms with Crippen LogP contribution in [0.5, 0.6) is 0 Å². The second-order valence-corrected chi connectivity index (χ2v) is 6.41. The number of nitrogens with zero attached hydrogens (tertiary/aromatic N) is 3. The fourth-order valence-electron chi connectivity index (χ4n) is 3.00. The molecular formula is C14H24Cl2N4OS. The smallest absolute Gasteiger partial charge is 0.224 e. The first-order chi connectivity index (χ1) is 9.83. The fourth-order valence-corrected chi connectivity index (χ4v) is 3.70. The van der Waals surface area contributed by atoms with Crippen LogP contribution in [-0.2, 0) is 4.79 Å². The van der Waals surface area contributed by atoms with Crippen LogP contribution in [0.1, 0.15) is 25.7 Å². The molecule has 0 aliphatic carbocycles. The largest absolute Gasteiger partial charge is 0.346 e. The quantitative estimate of drug-likeness (QED) is 0.890. The number of aromatic nitrogens is 1. The van der Waals surface area contributed by atoms with Crippen LogP contribution in [0, 0.1) is 0 Å². The fraction of sp³-hybridized carbons (Fsp3) is 0.714. The number of carbonyl (C=O) groups excluding carboxylic acids is 1. The molecule has 1 aromatic rings. The number of carbonyl (C=O) groups is 1. The minimum absolute atomic E-state index is 0. The lowest BCUT2D eigenvalue weighted by Gasteiger charge is -2.23. The second kappa shape index (κ2) is 9.55. The van der Waals surface area contributed by atoms with Crippen molar-refractivity contribution in [2.45, 2.75) is 31.7 Å². The van der Waals surface area contributed by atoms with Crippen LogP contribution < -0.4 is 10.2 Å². The number of halogens is 2. The number of nitrogens with one attached hydrogen (secondary N) is 1. The van der Waals surface area contributed by atoms with Crippen molar-refractivity contribution >= 4 is 47.2 Å². The topological polar surface area (TPSA) is 48.5 Å². The van der Waals surface area contributed by atoms with E-state index in [0.29, 0.717) is 18.4 Å². The van der Waals surface area contributed by atoms with Gasteiger partial charge < -0.3 is 15.1 Å². The van der Waals surface area contributed by atoms with E-state index in [4.69, 9.17) is 0 Å². The first kappa shape index (κ1) is 19.5. The number of amides is 1. The average molecular weight is 367 g/mol. The van der Waals surface area contributed by atoms with E-state index in [2.05, 4.69) is 15.2 Å². The van der Waals surface area contributed by atoms with Gasteiger partial charge in [0.2, 0.25) is 5.91 Å². The Labute approximate surface area is 148 Å². The van der Waals surface area contributed by atoms with Crippen molar-refractivity contribution in [3.8, 4) is 0 Å². The summed E-state index contributed by atoms with van der Waals surface area (Å²) in [7, 11) is 0. The van der Waals surface area contributed by atoms with Gasteiger partial charge in [-0.25, -0.2) is 4.98 Å². The molecule has 8 heteroatoms.